The smallest absolute Gasteiger partial charge is 0.290 e. The minimum atomic E-state index is -0.884. The zero-order chi connectivity index (χ0) is 23.6. The van der Waals surface area contributed by atoms with E-state index in [2.05, 4.69) is 26.4 Å². The zero-order valence-corrected chi connectivity index (χ0v) is 18.6. The van der Waals surface area contributed by atoms with E-state index in [1.54, 1.807) is 48.5 Å². The van der Waals surface area contributed by atoms with Gasteiger partial charge in [0.25, 0.3) is 23.3 Å². The van der Waals surface area contributed by atoms with Crippen LogP contribution < -0.4 is 26.5 Å². The molecular weight excluding hydrogens is 446 g/mol. The van der Waals surface area contributed by atoms with E-state index in [1.807, 2.05) is 12.3 Å². The minimum absolute atomic E-state index is 0.0496. The lowest BCUT2D eigenvalue weighted by atomic mass is 10.1. The van der Waals surface area contributed by atoms with Crippen LogP contribution in [0.2, 0.25) is 0 Å². The van der Waals surface area contributed by atoms with Crippen molar-refractivity contribution >= 4 is 40.3 Å². The molecule has 1 atom stereocenters. The Morgan fingerprint density at radius 1 is 1.03 bits per heavy atom. The Bertz CT molecular complexity index is 1180. The first-order chi connectivity index (χ1) is 16.0. The van der Waals surface area contributed by atoms with Gasteiger partial charge >= 0.3 is 0 Å². The van der Waals surface area contributed by atoms with Crippen molar-refractivity contribution in [3.05, 3.63) is 70.6 Å². The van der Waals surface area contributed by atoms with Gasteiger partial charge in [-0.2, -0.15) is 16.9 Å². The highest BCUT2D eigenvalue weighted by atomic mass is 32.2. The highest BCUT2D eigenvalue weighted by molar-refractivity contribution is 7.98. The molecule has 10 nitrogen and oxygen atoms in total. The Hall–Kier alpha value is -3.86. The van der Waals surface area contributed by atoms with Gasteiger partial charge < -0.3 is 10.1 Å². The van der Waals surface area contributed by atoms with Crippen molar-refractivity contribution in [1.29, 1.82) is 0 Å². The molecule has 0 radical (unpaired) electrons. The fourth-order valence-corrected chi connectivity index (χ4v) is 3.43. The standard InChI is InChI=1S/C22H23N5O5S/c1-33-12-11-17(23-18(28)13-32-14-7-3-2-4-8-14)21(30)26-27-22(31)19-15-9-5-6-10-16(15)20(29)25-24-19/h2-10,17H,11-13H2,1H3,(H,23,28)(H,25,29)(H,26,30)(H,27,31). The number of ether oxygens (including phenoxy) is 1. The lowest BCUT2D eigenvalue weighted by Crippen LogP contribution is -2.53. The molecule has 1 aromatic heterocycles. The number of fused-ring (bicyclic) bond motifs is 1. The van der Waals surface area contributed by atoms with E-state index in [-0.39, 0.29) is 12.3 Å². The van der Waals surface area contributed by atoms with E-state index in [0.717, 1.165) is 0 Å². The molecule has 0 spiro atoms. The second-order valence-corrected chi connectivity index (χ2v) is 7.88. The first-order valence-corrected chi connectivity index (χ1v) is 11.4. The maximum absolute atomic E-state index is 12.6. The van der Waals surface area contributed by atoms with Crippen molar-refractivity contribution in [3.63, 3.8) is 0 Å². The van der Waals surface area contributed by atoms with Gasteiger partial charge in [-0.05, 0) is 36.6 Å². The Kier molecular flexibility index (Phi) is 8.42. The molecule has 11 heteroatoms. The molecule has 1 heterocycles. The van der Waals surface area contributed by atoms with Crippen LogP contribution in [0.3, 0.4) is 0 Å². The van der Waals surface area contributed by atoms with Crippen molar-refractivity contribution in [1.82, 2.24) is 26.4 Å². The highest BCUT2D eigenvalue weighted by Crippen LogP contribution is 2.12. The number of thioether (sulfide) groups is 1. The molecule has 0 aliphatic carbocycles. The summed E-state index contributed by atoms with van der Waals surface area (Å²) in [5.41, 5.74) is 4.12. The summed E-state index contributed by atoms with van der Waals surface area (Å²) in [6.45, 7) is -0.257. The summed E-state index contributed by atoms with van der Waals surface area (Å²) in [7, 11) is 0. The lowest BCUT2D eigenvalue weighted by Gasteiger charge is -2.18. The number of nitrogens with one attached hydrogen (secondary N) is 4. The monoisotopic (exact) mass is 469 g/mol. The molecule has 3 rings (SSSR count). The predicted octanol–water partition coefficient (Wildman–Crippen LogP) is 1.00. The van der Waals surface area contributed by atoms with Crippen LogP contribution in [0.1, 0.15) is 16.9 Å². The van der Waals surface area contributed by atoms with Crippen molar-refractivity contribution in [2.24, 2.45) is 0 Å². The predicted molar refractivity (Wildman–Crippen MR) is 125 cm³/mol. The average molecular weight is 470 g/mol. The Morgan fingerprint density at radius 3 is 2.45 bits per heavy atom. The molecule has 33 heavy (non-hydrogen) atoms. The number of amides is 3. The third-order valence-electron chi connectivity index (χ3n) is 4.59. The molecular formula is C22H23N5O5S. The van der Waals surface area contributed by atoms with Crippen molar-refractivity contribution in [2.75, 3.05) is 18.6 Å². The summed E-state index contributed by atoms with van der Waals surface area (Å²) in [6.07, 6.45) is 2.23. The Morgan fingerprint density at radius 2 is 1.73 bits per heavy atom. The number of aromatic nitrogens is 2. The first kappa shape index (κ1) is 23.8. The minimum Gasteiger partial charge on any atom is -0.484 e. The number of para-hydroxylation sites is 1. The largest absolute Gasteiger partial charge is 0.484 e. The van der Waals surface area contributed by atoms with Gasteiger partial charge in [0, 0.05) is 5.39 Å². The summed E-state index contributed by atoms with van der Waals surface area (Å²) >= 11 is 1.52. The van der Waals surface area contributed by atoms with Gasteiger partial charge in [-0.1, -0.05) is 36.4 Å². The van der Waals surface area contributed by atoms with Crippen LogP contribution in [0.25, 0.3) is 10.8 Å². The van der Waals surface area contributed by atoms with Gasteiger partial charge in [-0.25, -0.2) is 5.10 Å². The van der Waals surface area contributed by atoms with Crippen LogP contribution in [0.4, 0.5) is 0 Å². The van der Waals surface area contributed by atoms with Gasteiger partial charge in [0.05, 0.1) is 5.39 Å². The molecule has 2 aromatic carbocycles. The van der Waals surface area contributed by atoms with Gasteiger partial charge in [-0.3, -0.25) is 30.0 Å². The second-order valence-electron chi connectivity index (χ2n) is 6.89. The van der Waals surface area contributed by atoms with E-state index in [1.165, 1.54) is 11.8 Å². The number of hydrazine groups is 1. The number of rotatable bonds is 9. The topological polar surface area (TPSA) is 142 Å². The van der Waals surface area contributed by atoms with Crippen molar-refractivity contribution in [2.45, 2.75) is 12.5 Å². The molecule has 0 aliphatic rings. The maximum Gasteiger partial charge on any atom is 0.290 e. The number of carbonyl (C=O) groups excluding carboxylic acids is 3. The molecule has 3 amide bonds. The summed E-state index contributed by atoms with van der Waals surface area (Å²) in [6, 6.07) is 14.4. The summed E-state index contributed by atoms with van der Waals surface area (Å²) in [5, 5.41) is 9.32. The SMILES string of the molecule is CSCCC(NC(=O)COc1ccccc1)C(=O)NNC(=O)c1n[nH]c(=O)c2ccccc12. The van der Waals surface area contributed by atoms with Crippen LogP contribution in [0.5, 0.6) is 5.75 Å². The van der Waals surface area contributed by atoms with Crippen LogP contribution >= 0.6 is 11.8 Å². The van der Waals surface area contributed by atoms with Crippen LogP contribution in [0.15, 0.2) is 59.4 Å². The van der Waals surface area contributed by atoms with Crippen LogP contribution in [-0.2, 0) is 9.59 Å². The Labute approximate surface area is 193 Å². The molecule has 0 bridgehead atoms. The van der Waals surface area contributed by atoms with Gasteiger partial charge in [0.15, 0.2) is 12.3 Å². The molecule has 172 valence electrons. The number of H-pyrrole nitrogens is 1. The molecule has 4 N–H and O–H groups in total. The first-order valence-electron chi connectivity index (χ1n) is 10.0. The number of benzene rings is 2. The van der Waals surface area contributed by atoms with E-state index < -0.39 is 29.3 Å². The fourth-order valence-electron chi connectivity index (χ4n) is 2.96. The van der Waals surface area contributed by atoms with Gasteiger partial charge in [0.1, 0.15) is 11.8 Å². The van der Waals surface area contributed by atoms with E-state index in [4.69, 9.17) is 4.74 Å². The quantitative estimate of drug-likeness (QED) is 0.343. The van der Waals surface area contributed by atoms with Crippen LogP contribution in [-0.4, -0.2) is 52.6 Å². The van der Waals surface area contributed by atoms with E-state index >= 15 is 0 Å². The van der Waals surface area contributed by atoms with Crippen LogP contribution in [0, 0.1) is 0 Å². The molecule has 3 aromatic rings. The highest BCUT2D eigenvalue weighted by Gasteiger charge is 2.22. The van der Waals surface area contributed by atoms with E-state index in [9.17, 15) is 19.2 Å². The molecule has 0 fully saturated rings. The fraction of sp³-hybridized carbons (Fsp3) is 0.227. The summed E-state index contributed by atoms with van der Waals surface area (Å²) in [5.74, 6) is -0.638. The van der Waals surface area contributed by atoms with Gasteiger partial charge in [0.2, 0.25) is 0 Å². The number of nitrogens with zero attached hydrogens (tertiary/aromatic N) is 1. The maximum atomic E-state index is 12.6. The normalized spacial score (nSPS) is 11.4. The molecule has 0 saturated heterocycles. The van der Waals surface area contributed by atoms with Gasteiger partial charge in [-0.15, -0.1) is 0 Å². The number of hydrogen-bond acceptors (Lipinski definition) is 7. The van der Waals surface area contributed by atoms with Crippen molar-refractivity contribution in [3.8, 4) is 5.75 Å². The summed E-state index contributed by atoms with van der Waals surface area (Å²) in [4.78, 5) is 49.4. The number of aromatic amines is 1. The number of hydrogen-bond donors (Lipinski definition) is 4. The van der Waals surface area contributed by atoms with E-state index in [0.29, 0.717) is 28.7 Å². The third-order valence-corrected chi connectivity index (χ3v) is 5.23. The molecule has 0 saturated carbocycles. The lowest BCUT2D eigenvalue weighted by molar-refractivity contribution is -0.130. The second kappa shape index (κ2) is 11.7. The zero-order valence-electron chi connectivity index (χ0n) is 17.8. The average Bonchev–Trinajstić information content (AvgIpc) is 2.84. The Balaban J connectivity index is 1.60. The number of carbonyl (C=O) groups is 3. The molecule has 0 aliphatic heterocycles. The van der Waals surface area contributed by atoms with Crippen molar-refractivity contribution < 1.29 is 19.1 Å². The summed E-state index contributed by atoms with van der Waals surface area (Å²) < 4.78 is 5.40. The molecule has 1 unspecified atom stereocenters. The third kappa shape index (κ3) is 6.56.